The van der Waals surface area contributed by atoms with E-state index in [1.807, 2.05) is 32.0 Å². The smallest absolute Gasteiger partial charge is 0.135 e. The number of ether oxygens (including phenoxy) is 1. The van der Waals surface area contributed by atoms with Gasteiger partial charge in [0, 0.05) is 10.5 Å². The minimum absolute atomic E-state index is 0.102. The second kappa shape index (κ2) is 12.1. The summed E-state index contributed by atoms with van der Waals surface area (Å²) in [6.07, 6.45) is 3.28. The van der Waals surface area contributed by atoms with E-state index in [0.717, 1.165) is 66.6 Å². The molecule has 5 rings (SSSR count). The van der Waals surface area contributed by atoms with Crippen molar-refractivity contribution in [3.8, 4) is 22.3 Å². The number of halogens is 5. The Morgan fingerprint density at radius 2 is 1.30 bits per heavy atom. The highest BCUT2D eigenvalue weighted by Gasteiger charge is 2.28. The average Bonchev–Trinajstić information content (AvgIpc) is 3.75. The zero-order valence-electron chi connectivity index (χ0n) is 22.3. The number of aryl methyl sites for hydroxylation is 3. The van der Waals surface area contributed by atoms with Gasteiger partial charge < -0.3 is 4.74 Å². The van der Waals surface area contributed by atoms with Gasteiger partial charge in [-0.3, -0.25) is 0 Å². The number of hydrogen-bond acceptors (Lipinski definition) is 2. The van der Waals surface area contributed by atoms with E-state index in [2.05, 4.69) is 0 Å². The van der Waals surface area contributed by atoms with Gasteiger partial charge in [0.25, 0.3) is 0 Å². The molecule has 0 aromatic heterocycles. The Labute approximate surface area is 235 Å². The molecule has 0 radical (unpaired) electrons. The van der Waals surface area contributed by atoms with Gasteiger partial charge in [-0.15, -0.1) is 11.8 Å². The Hall–Kier alpha value is -3.16. The predicted molar refractivity (Wildman–Crippen MR) is 150 cm³/mol. The topological polar surface area (TPSA) is 12.5 Å². The van der Waals surface area contributed by atoms with Crippen molar-refractivity contribution in [2.24, 2.45) is 0 Å². The molecule has 1 aliphatic heterocycles. The number of hydrogen-bond donors (Lipinski definition) is 0. The molecule has 1 unspecified atom stereocenters. The van der Waals surface area contributed by atoms with Crippen LogP contribution in [0.15, 0.2) is 65.6 Å². The van der Waals surface area contributed by atoms with Gasteiger partial charge in [0.2, 0.25) is 0 Å². The quantitative estimate of drug-likeness (QED) is 0.0817. The summed E-state index contributed by atoms with van der Waals surface area (Å²) < 4.78 is 78.9. The first kappa shape index (κ1) is 28.4. The maximum atomic E-state index is 15.0. The second-order valence-corrected chi connectivity index (χ2v) is 11.4. The van der Waals surface area contributed by atoms with E-state index in [0.29, 0.717) is 28.4 Å². The summed E-state index contributed by atoms with van der Waals surface area (Å²) in [4.78, 5) is 0.362. The van der Waals surface area contributed by atoms with Crippen LogP contribution in [0.25, 0.3) is 22.3 Å². The average molecular weight is 569 g/mol. The first-order valence-corrected chi connectivity index (χ1v) is 14.3. The Kier molecular flexibility index (Phi) is 8.62. The van der Waals surface area contributed by atoms with E-state index in [1.54, 1.807) is 18.2 Å². The lowest BCUT2D eigenvalue weighted by Crippen LogP contribution is -1.99. The lowest BCUT2D eigenvalue weighted by Gasteiger charge is -2.12. The molecule has 1 aliphatic rings. The standard InChI is InChI=1S/C33H29F5OS/c1-3-40-24-16-29(37)33(30(38)17-24)32-27(35)14-23(15-28(32)36)21-10-8-20(9-11-21)6-4-5-7-22-13-26(34)25(12-19(22)2)31-18-39-31/h8-17,31H,3-7,18H2,1-2H3. The van der Waals surface area contributed by atoms with Crippen molar-refractivity contribution in [2.75, 3.05) is 12.4 Å². The van der Waals surface area contributed by atoms with Crippen LogP contribution in [0.3, 0.4) is 0 Å². The zero-order chi connectivity index (χ0) is 28.4. The fraction of sp³-hybridized carbons (Fsp3) is 0.273. The van der Waals surface area contributed by atoms with Crippen LogP contribution >= 0.6 is 11.8 Å². The SMILES string of the molecule is CCSc1cc(F)c(-c2c(F)cc(-c3ccc(CCCCc4cc(F)c(C5CO5)cc4C)cc3)cc2F)c(F)c1. The summed E-state index contributed by atoms with van der Waals surface area (Å²) in [7, 11) is 0. The molecule has 1 atom stereocenters. The van der Waals surface area contributed by atoms with Gasteiger partial charge in [0.1, 0.15) is 35.2 Å². The van der Waals surface area contributed by atoms with Crippen LogP contribution in [0.4, 0.5) is 22.0 Å². The van der Waals surface area contributed by atoms with Crippen LogP contribution < -0.4 is 0 Å². The van der Waals surface area contributed by atoms with Crippen molar-refractivity contribution in [3.63, 3.8) is 0 Å². The summed E-state index contributed by atoms with van der Waals surface area (Å²) >= 11 is 1.24. The van der Waals surface area contributed by atoms with Gasteiger partial charge >= 0.3 is 0 Å². The van der Waals surface area contributed by atoms with Crippen molar-refractivity contribution < 1.29 is 26.7 Å². The first-order chi connectivity index (χ1) is 19.2. The van der Waals surface area contributed by atoms with Crippen molar-refractivity contribution in [2.45, 2.75) is 50.5 Å². The van der Waals surface area contributed by atoms with Crippen LogP contribution in [0.1, 0.15) is 48.1 Å². The fourth-order valence-electron chi connectivity index (χ4n) is 5.01. The molecule has 208 valence electrons. The Morgan fingerprint density at radius 1 is 0.725 bits per heavy atom. The summed E-state index contributed by atoms with van der Waals surface area (Å²) in [5, 5.41) is 0. The van der Waals surface area contributed by atoms with Gasteiger partial charge in [-0.25, -0.2) is 22.0 Å². The number of thioether (sulfide) groups is 1. The third-order valence-electron chi connectivity index (χ3n) is 7.20. The second-order valence-electron chi connectivity index (χ2n) is 10.0. The van der Waals surface area contributed by atoms with E-state index in [1.165, 1.54) is 11.8 Å². The number of benzene rings is 4. The molecule has 1 nitrogen and oxygen atoms in total. The molecule has 4 aromatic rings. The number of rotatable bonds is 10. The van der Waals surface area contributed by atoms with E-state index < -0.39 is 34.4 Å². The largest absolute Gasteiger partial charge is 0.368 e. The molecule has 7 heteroatoms. The van der Waals surface area contributed by atoms with E-state index in [9.17, 15) is 13.2 Å². The summed E-state index contributed by atoms with van der Waals surface area (Å²) in [6, 6.07) is 15.2. The van der Waals surface area contributed by atoms with Crippen LogP contribution in [-0.4, -0.2) is 12.4 Å². The summed E-state index contributed by atoms with van der Waals surface area (Å²) in [5.74, 6) is -3.67. The maximum Gasteiger partial charge on any atom is 0.135 e. The molecule has 4 aromatic carbocycles. The molecule has 1 fully saturated rings. The van der Waals surface area contributed by atoms with Crippen LogP contribution in [0.5, 0.6) is 0 Å². The molecule has 1 heterocycles. The van der Waals surface area contributed by atoms with Crippen molar-refractivity contribution >= 4 is 11.8 Å². The molecule has 0 saturated carbocycles. The molecule has 0 bridgehead atoms. The zero-order valence-corrected chi connectivity index (χ0v) is 23.1. The lowest BCUT2D eigenvalue weighted by atomic mass is 9.96. The van der Waals surface area contributed by atoms with Crippen molar-refractivity contribution in [1.29, 1.82) is 0 Å². The summed E-state index contributed by atoms with van der Waals surface area (Å²) in [5.41, 5.74) is 3.23. The van der Waals surface area contributed by atoms with Crippen molar-refractivity contribution in [3.05, 3.63) is 112 Å². The van der Waals surface area contributed by atoms with Crippen LogP contribution in [-0.2, 0) is 17.6 Å². The molecule has 40 heavy (non-hydrogen) atoms. The Bertz CT molecular complexity index is 1480. The molecule has 0 aliphatic carbocycles. The Balaban J connectivity index is 1.23. The summed E-state index contributed by atoms with van der Waals surface area (Å²) in [6.45, 7) is 4.42. The minimum atomic E-state index is -1.03. The number of unbranched alkanes of at least 4 members (excludes halogenated alkanes) is 1. The monoisotopic (exact) mass is 568 g/mol. The molecule has 0 N–H and O–H groups in total. The highest BCUT2D eigenvalue weighted by Crippen LogP contribution is 2.36. The number of epoxide rings is 1. The van der Waals surface area contributed by atoms with Gasteiger partial charge in [0.05, 0.1) is 17.7 Å². The molecular weight excluding hydrogens is 539 g/mol. The van der Waals surface area contributed by atoms with Gasteiger partial charge in [-0.05, 0) is 96.5 Å². The van der Waals surface area contributed by atoms with Gasteiger partial charge in [-0.1, -0.05) is 37.3 Å². The normalized spacial score (nSPS) is 14.5. The molecule has 0 amide bonds. The van der Waals surface area contributed by atoms with E-state index in [4.69, 9.17) is 4.74 Å². The highest BCUT2D eigenvalue weighted by atomic mass is 32.2. The van der Waals surface area contributed by atoms with Gasteiger partial charge in [0.15, 0.2) is 0 Å². The minimum Gasteiger partial charge on any atom is -0.368 e. The van der Waals surface area contributed by atoms with E-state index >= 15 is 8.78 Å². The molecule has 1 saturated heterocycles. The fourth-order valence-corrected chi connectivity index (χ4v) is 5.72. The van der Waals surface area contributed by atoms with Crippen LogP contribution in [0, 0.1) is 36.0 Å². The van der Waals surface area contributed by atoms with Gasteiger partial charge in [-0.2, -0.15) is 0 Å². The molecule has 0 spiro atoms. The van der Waals surface area contributed by atoms with E-state index in [-0.39, 0.29) is 17.5 Å². The predicted octanol–water partition coefficient (Wildman–Crippen LogP) is 9.77. The third-order valence-corrected chi connectivity index (χ3v) is 8.06. The van der Waals surface area contributed by atoms with Crippen LogP contribution in [0.2, 0.25) is 0 Å². The van der Waals surface area contributed by atoms with Crippen molar-refractivity contribution in [1.82, 2.24) is 0 Å². The lowest BCUT2D eigenvalue weighted by molar-refractivity contribution is 0.407. The first-order valence-electron chi connectivity index (χ1n) is 13.4. The Morgan fingerprint density at radius 3 is 1.88 bits per heavy atom. The third kappa shape index (κ3) is 6.26. The maximum absolute atomic E-state index is 15.0. The molecular formula is C33H29F5OS. The highest BCUT2D eigenvalue weighted by molar-refractivity contribution is 7.99.